The maximum absolute atomic E-state index is 12.8. The zero-order chi connectivity index (χ0) is 19.8. The third-order valence-corrected chi connectivity index (χ3v) is 6.85. The predicted octanol–water partition coefficient (Wildman–Crippen LogP) is 1.98. The zero-order valence-corrected chi connectivity index (χ0v) is 16.7. The Bertz CT molecular complexity index is 796. The van der Waals surface area contributed by atoms with E-state index >= 15 is 0 Å². The highest BCUT2D eigenvalue weighted by molar-refractivity contribution is 5.81. The van der Waals surface area contributed by atoms with E-state index in [0.717, 1.165) is 37.4 Å². The summed E-state index contributed by atoms with van der Waals surface area (Å²) in [5.41, 5.74) is 0.533. The Kier molecular flexibility index (Phi) is 4.86. The summed E-state index contributed by atoms with van der Waals surface area (Å²) < 4.78 is 16.5. The minimum Gasteiger partial charge on any atom is -0.461 e. The van der Waals surface area contributed by atoms with E-state index < -0.39 is 0 Å². The van der Waals surface area contributed by atoms with Crippen molar-refractivity contribution in [3.8, 4) is 11.5 Å². The number of amides is 1. The van der Waals surface area contributed by atoms with Crippen molar-refractivity contribution in [3.05, 3.63) is 23.8 Å². The minimum absolute atomic E-state index is 0.0106. The van der Waals surface area contributed by atoms with Crippen LogP contribution in [-0.2, 0) is 20.7 Å². The molecule has 4 heterocycles. The van der Waals surface area contributed by atoms with Gasteiger partial charge in [0.2, 0.25) is 12.7 Å². The fourth-order valence-electron chi connectivity index (χ4n) is 5.12. The SMILES string of the molecule is O=C(Cc1ccc2c(c1)OCO2)N1CCC2(CC1)CC(CN1CCCC1)OC2=O. The highest BCUT2D eigenvalue weighted by Crippen LogP contribution is 2.43. The average molecular weight is 400 g/mol. The molecule has 0 bridgehead atoms. The molecule has 1 aromatic rings. The lowest BCUT2D eigenvalue weighted by atomic mass is 9.76. The first kappa shape index (κ1) is 18.7. The molecule has 7 nitrogen and oxygen atoms in total. The van der Waals surface area contributed by atoms with E-state index in [2.05, 4.69) is 4.90 Å². The summed E-state index contributed by atoms with van der Waals surface area (Å²) in [7, 11) is 0. The van der Waals surface area contributed by atoms with Crippen LogP contribution in [-0.4, -0.2) is 67.3 Å². The number of fused-ring (bicyclic) bond motifs is 1. The lowest BCUT2D eigenvalue weighted by Gasteiger charge is -2.36. The van der Waals surface area contributed by atoms with Crippen LogP contribution in [0.15, 0.2) is 18.2 Å². The van der Waals surface area contributed by atoms with Gasteiger partial charge in [-0.15, -0.1) is 0 Å². The number of rotatable bonds is 4. The highest BCUT2D eigenvalue weighted by Gasteiger charge is 2.51. The van der Waals surface area contributed by atoms with E-state index in [1.54, 1.807) is 0 Å². The Balaban J connectivity index is 1.15. The quantitative estimate of drug-likeness (QED) is 0.720. The second kappa shape index (κ2) is 7.52. The standard InChI is InChI=1S/C22H28N2O5/c25-20(12-16-3-4-18-19(11-16)28-15-27-18)24-9-5-22(6-10-24)13-17(29-21(22)26)14-23-7-1-2-8-23/h3-4,11,17H,1-2,5-10,12-15H2. The molecule has 0 N–H and O–H groups in total. The molecule has 1 unspecified atom stereocenters. The molecule has 1 atom stereocenters. The van der Waals surface area contributed by atoms with Crippen LogP contribution in [0.5, 0.6) is 11.5 Å². The fourth-order valence-corrected chi connectivity index (χ4v) is 5.12. The Morgan fingerprint density at radius 1 is 1.07 bits per heavy atom. The van der Waals surface area contributed by atoms with Gasteiger partial charge in [-0.1, -0.05) is 6.07 Å². The monoisotopic (exact) mass is 400 g/mol. The van der Waals surface area contributed by atoms with E-state index in [0.29, 0.717) is 38.1 Å². The van der Waals surface area contributed by atoms with Crippen molar-refractivity contribution in [2.24, 2.45) is 5.41 Å². The second-order valence-electron chi connectivity index (χ2n) is 8.76. The van der Waals surface area contributed by atoms with Crippen molar-refractivity contribution in [2.75, 3.05) is 39.5 Å². The second-order valence-corrected chi connectivity index (χ2v) is 8.76. The molecule has 3 fully saturated rings. The number of hydrogen-bond acceptors (Lipinski definition) is 6. The van der Waals surface area contributed by atoms with E-state index in [4.69, 9.17) is 14.2 Å². The fraction of sp³-hybridized carbons (Fsp3) is 0.636. The first-order chi connectivity index (χ1) is 14.1. The molecular weight excluding hydrogens is 372 g/mol. The molecule has 0 aliphatic carbocycles. The minimum atomic E-state index is -0.389. The number of carbonyl (C=O) groups is 2. The molecule has 5 rings (SSSR count). The summed E-state index contributed by atoms with van der Waals surface area (Å²) >= 11 is 0. The molecule has 0 aromatic heterocycles. The average Bonchev–Trinajstić information content (AvgIpc) is 3.44. The largest absolute Gasteiger partial charge is 0.461 e. The molecule has 7 heteroatoms. The van der Waals surface area contributed by atoms with Gasteiger partial charge in [-0.3, -0.25) is 14.5 Å². The molecular formula is C22H28N2O5. The number of esters is 1. The van der Waals surface area contributed by atoms with E-state index in [9.17, 15) is 9.59 Å². The third kappa shape index (κ3) is 3.68. The number of carbonyl (C=O) groups excluding carboxylic acids is 2. The van der Waals surface area contributed by atoms with Crippen molar-refractivity contribution >= 4 is 11.9 Å². The zero-order valence-electron chi connectivity index (χ0n) is 16.7. The Morgan fingerprint density at radius 3 is 2.62 bits per heavy atom. The van der Waals surface area contributed by atoms with Crippen LogP contribution in [0.1, 0.15) is 37.7 Å². The highest BCUT2D eigenvalue weighted by atomic mass is 16.7. The maximum Gasteiger partial charge on any atom is 0.312 e. The van der Waals surface area contributed by atoms with Gasteiger partial charge in [-0.05, 0) is 56.5 Å². The lowest BCUT2D eigenvalue weighted by molar-refractivity contribution is -0.152. The van der Waals surface area contributed by atoms with Crippen molar-refractivity contribution < 1.29 is 23.8 Å². The Labute approximate surface area is 170 Å². The van der Waals surface area contributed by atoms with Crippen LogP contribution in [0, 0.1) is 5.41 Å². The van der Waals surface area contributed by atoms with Crippen LogP contribution >= 0.6 is 0 Å². The van der Waals surface area contributed by atoms with Gasteiger partial charge in [0.25, 0.3) is 0 Å². The normalized spacial score (nSPS) is 25.6. The summed E-state index contributed by atoms with van der Waals surface area (Å²) in [4.78, 5) is 29.7. The van der Waals surface area contributed by atoms with Gasteiger partial charge in [0.15, 0.2) is 11.5 Å². The summed E-state index contributed by atoms with van der Waals surface area (Å²) in [5.74, 6) is 1.47. The van der Waals surface area contributed by atoms with E-state index in [1.165, 1.54) is 12.8 Å². The van der Waals surface area contributed by atoms with Gasteiger partial charge in [-0.25, -0.2) is 0 Å². The van der Waals surface area contributed by atoms with E-state index in [1.807, 2.05) is 23.1 Å². The van der Waals surface area contributed by atoms with Crippen LogP contribution in [0.25, 0.3) is 0 Å². The number of cyclic esters (lactones) is 1. The molecule has 1 spiro atoms. The number of piperidine rings is 1. The molecule has 29 heavy (non-hydrogen) atoms. The van der Waals surface area contributed by atoms with Gasteiger partial charge >= 0.3 is 5.97 Å². The van der Waals surface area contributed by atoms with Gasteiger partial charge < -0.3 is 19.1 Å². The number of ether oxygens (including phenoxy) is 3. The first-order valence-electron chi connectivity index (χ1n) is 10.7. The lowest BCUT2D eigenvalue weighted by Crippen LogP contribution is -2.45. The molecule has 0 radical (unpaired) electrons. The molecule has 4 aliphatic heterocycles. The van der Waals surface area contributed by atoms with Crippen LogP contribution in [0.2, 0.25) is 0 Å². The van der Waals surface area contributed by atoms with Crippen molar-refractivity contribution in [3.63, 3.8) is 0 Å². The first-order valence-corrected chi connectivity index (χ1v) is 10.7. The number of nitrogens with zero attached hydrogens (tertiary/aromatic N) is 2. The van der Waals surface area contributed by atoms with Crippen LogP contribution < -0.4 is 9.47 Å². The third-order valence-electron chi connectivity index (χ3n) is 6.85. The van der Waals surface area contributed by atoms with Gasteiger partial charge in [-0.2, -0.15) is 0 Å². The summed E-state index contributed by atoms with van der Waals surface area (Å²) in [6.45, 7) is 4.56. The molecule has 1 aromatic carbocycles. The van der Waals surface area contributed by atoms with Crippen LogP contribution in [0.4, 0.5) is 0 Å². The predicted molar refractivity (Wildman–Crippen MR) is 105 cm³/mol. The van der Waals surface area contributed by atoms with Crippen molar-refractivity contribution in [1.82, 2.24) is 9.80 Å². The molecule has 156 valence electrons. The molecule has 1 amide bonds. The summed E-state index contributed by atoms with van der Waals surface area (Å²) in [5, 5.41) is 0. The summed E-state index contributed by atoms with van der Waals surface area (Å²) in [6.07, 6.45) is 5.04. The Morgan fingerprint density at radius 2 is 1.83 bits per heavy atom. The van der Waals surface area contributed by atoms with Gasteiger partial charge in [0, 0.05) is 26.1 Å². The molecule has 3 saturated heterocycles. The molecule has 0 saturated carbocycles. The van der Waals surface area contributed by atoms with E-state index in [-0.39, 0.29) is 30.2 Å². The smallest absolute Gasteiger partial charge is 0.312 e. The topological polar surface area (TPSA) is 68.3 Å². The van der Waals surface area contributed by atoms with Crippen molar-refractivity contribution in [1.29, 1.82) is 0 Å². The maximum atomic E-state index is 12.8. The number of hydrogen-bond donors (Lipinski definition) is 0. The number of benzene rings is 1. The number of likely N-dealkylation sites (tertiary alicyclic amines) is 2. The summed E-state index contributed by atoms with van der Waals surface area (Å²) in [6, 6.07) is 5.64. The van der Waals surface area contributed by atoms with Gasteiger partial charge in [0.05, 0.1) is 11.8 Å². The van der Waals surface area contributed by atoms with Crippen molar-refractivity contribution in [2.45, 2.75) is 44.6 Å². The Hall–Kier alpha value is -2.28. The van der Waals surface area contributed by atoms with Crippen LogP contribution in [0.3, 0.4) is 0 Å². The van der Waals surface area contributed by atoms with Gasteiger partial charge in [0.1, 0.15) is 6.10 Å². The molecule has 4 aliphatic rings.